The van der Waals surface area contributed by atoms with E-state index in [1.807, 2.05) is 12.1 Å². The molecule has 0 amide bonds. The zero-order valence-electron chi connectivity index (χ0n) is 19.1. The molecule has 31 heavy (non-hydrogen) atoms. The van der Waals surface area contributed by atoms with E-state index in [0.717, 1.165) is 6.42 Å². The Hall–Kier alpha value is -0.850. The van der Waals surface area contributed by atoms with Crippen LogP contribution in [0.15, 0.2) is 53.4 Å². The van der Waals surface area contributed by atoms with Gasteiger partial charge in [0.15, 0.2) is 0 Å². The summed E-state index contributed by atoms with van der Waals surface area (Å²) in [5, 5.41) is 0. The molecule has 0 spiro atoms. The largest absolute Gasteiger partial charge is 1.00 e. The van der Waals surface area contributed by atoms with Gasteiger partial charge < -0.3 is 9.29 Å². The van der Waals surface area contributed by atoms with Gasteiger partial charge in [0, 0.05) is 0 Å². The van der Waals surface area contributed by atoms with Crippen molar-refractivity contribution in [1.29, 1.82) is 0 Å². The van der Waals surface area contributed by atoms with E-state index in [0.29, 0.717) is 11.5 Å². The zero-order valence-corrected chi connectivity index (χ0v) is 22.0. The van der Waals surface area contributed by atoms with Crippen molar-refractivity contribution in [1.82, 2.24) is 0 Å². The molecule has 0 aliphatic rings. The van der Waals surface area contributed by atoms with Crippen molar-refractivity contribution in [3.05, 3.63) is 54.1 Å². The van der Waals surface area contributed by atoms with Crippen LogP contribution in [0.2, 0.25) is 0 Å². The Kier molecular flexibility index (Phi) is 14.4. The molecular formula is C25H35NaO4S. The van der Waals surface area contributed by atoms with Gasteiger partial charge in [-0.1, -0.05) is 83.3 Å². The molecule has 0 aliphatic carbocycles. The molecule has 2 rings (SSSR count). The van der Waals surface area contributed by atoms with Crippen LogP contribution in [0.5, 0.6) is 11.5 Å². The maximum absolute atomic E-state index is 11.0. The van der Waals surface area contributed by atoms with E-state index < -0.39 is 10.1 Å². The third kappa shape index (κ3) is 12.1. The number of aryl methyl sites for hydroxylation is 1. The van der Waals surface area contributed by atoms with Crippen LogP contribution in [0.1, 0.15) is 83.1 Å². The predicted octanol–water partition coefficient (Wildman–Crippen LogP) is 4.24. The van der Waals surface area contributed by atoms with Crippen LogP contribution in [-0.2, 0) is 16.5 Å². The van der Waals surface area contributed by atoms with Gasteiger partial charge >= 0.3 is 29.6 Å². The Bertz CT molecular complexity index is 818. The van der Waals surface area contributed by atoms with Crippen molar-refractivity contribution < 1.29 is 47.3 Å². The molecule has 0 atom stereocenters. The van der Waals surface area contributed by atoms with Crippen molar-refractivity contribution >= 4 is 10.1 Å². The number of unbranched alkanes of at least 4 members (excludes halogenated alkanes) is 10. The molecule has 4 nitrogen and oxygen atoms in total. The summed E-state index contributed by atoms with van der Waals surface area (Å²) in [5.41, 5.74) is 1.30. The maximum Gasteiger partial charge on any atom is 1.00 e. The van der Waals surface area contributed by atoms with Gasteiger partial charge in [-0.3, -0.25) is 0 Å². The molecule has 0 heterocycles. The minimum atomic E-state index is -4.43. The fourth-order valence-electron chi connectivity index (χ4n) is 3.53. The van der Waals surface area contributed by atoms with Gasteiger partial charge in [-0.2, -0.15) is 0 Å². The quantitative estimate of drug-likeness (QED) is 0.229. The summed E-state index contributed by atoms with van der Waals surface area (Å²) in [6.45, 7) is 2.26. The van der Waals surface area contributed by atoms with Gasteiger partial charge in [-0.25, -0.2) is 8.42 Å². The van der Waals surface area contributed by atoms with Crippen LogP contribution in [0.25, 0.3) is 0 Å². The summed E-state index contributed by atoms with van der Waals surface area (Å²) in [5.74, 6) is 1.19. The third-order valence-corrected chi connectivity index (χ3v) is 6.19. The monoisotopic (exact) mass is 454 g/mol. The summed E-state index contributed by atoms with van der Waals surface area (Å²) < 4.78 is 38.6. The first-order chi connectivity index (χ1) is 14.5. The minimum absolute atomic E-state index is 0. The molecule has 0 aromatic heterocycles. The van der Waals surface area contributed by atoms with E-state index >= 15 is 0 Å². The van der Waals surface area contributed by atoms with Crippen LogP contribution in [0, 0.1) is 0 Å². The summed E-state index contributed by atoms with van der Waals surface area (Å²) in [7, 11) is -4.43. The summed E-state index contributed by atoms with van der Waals surface area (Å²) >= 11 is 0. The van der Waals surface area contributed by atoms with Crippen LogP contribution < -0.4 is 34.3 Å². The Morgan fingerprint density at radius 2 is 1.10 bits per heavy atom. The first kappa shape index (κ1) is 28.2. The van der Waals surface area contributed by atoms with E-state index in [1.165, 1.54) is 100 Å². The molecule has 0 N–H and O–H groups in total. The number of ether oxygens (including phenoxy) is 1. The number of rotatable bonds is 15. The smallest absolute Gasteiger partial charge is 0.744 e. The van der Waals surface area contributed by atoms with Gasteiger partial charge in [0.1, 0.15) is 21.6 Å². The van der Waals surface area contributed by atoms with Gasteiger partial charge in [-0.05, 0) is 54.8 Å². The Balaban J connectivity index is 0.00000480. The normalized spacial score (nSPS) is 11.2. The van der Waals surface area contributed by atoms with Crippen LogP contribution in [0.3, 0.4) is 0 Å². The number of benzene rings is 2. The molecule has 0 bridgehead atoms. The van der Waals surface area contributed by atoms with Gasteiger partial charge in [-0.15, -0.1) is 0 Å². The molecule has 2 aromatic carbocycles. The zero-order chi connectivity index (χ0) is 21.7. The second kappa shape index (κ2) is 15.9. The molecule has 166 valence electrons. The maximum atomic E-state index is 11.0. The number of hydrogen-bond acceptors (Lipinski definition) is 4. The second-order valence-corrected chi connectivity index (χ2v) is 9.34. The SMILES string of the molecule is CCCCCCCCCCCCCc1ccc(Oc2ccc(S(=O)(=O)[O-])cc2)cc1.[Na+]. The van der Waals surface area contributed by atoms with Crippen molar-refractivity contribution in [2.24, 2.45) is 0 Å². The average Bonchev–Trinajstić information content (AvgIpc) is 2.73. The van der Waals surface area contributed by atoms with Crippen molar-refractivity contribution in [3.8, 4) is 11.5 Å². The standard InChI is InChI=1S/C25H36O4S.Na/c1-2-3-4-5-6-7-8-9-10-11-12-13-22-14-16-23(17-15-22)29-24-18-20-25(21-19-24)30(26,27)28;/h14-21H,2-13H2,1H3,(H,26,27,28);/q;+1/p-1. The minimum Gasteiger partial charge on any atom is -0.744 e. The molecule has 0 saturated carbocycles. The molecule has 6 heteroatoms. The Morgan fingerprint density at radius 3 is 1.55 bits per heavy atom. The van der Waals surface area contributed by atoms with Crippen LogP contribution in [-0.4, -0.2) is 13.0 Å². The topological polar surface area (TPSA) is 66.4 Å². The van der Waals surface area contributed by atoms with E-state index in [2.05, 4.69) is 19.1 Å². The summed E-state index contributed by atoms with van der Waals surface area (Å²) in [6.07, 6.45) is 15.9. The first-order valence-electron chi connectivity index (χ1n) is 11.3. The molecule has 2 aromatic rings. The van der Waals surface area contributed by atoms with Crippen LogP contribution >= 0.6 is 0 Å². The molecule has 0 fully saturated rings. The molecule has 0 saturated heterocycles. The van der Waals surface area contributed by atoms with Crippen molar-refractivity contribution in [2.45, 2.75) is 88.9 Å². The van der Waals surface area contributed by atoms with E-state index in [-0.39, 0.29) is 34.5 Å². The van der Waals surface area contributed by atoms with Crippen molar-refractivity contribution in [3.63, 3.8) is 0 Å². The fraction of sp³-hybridized carbons (Fsp3) is 0.520. The Labute approximate surface area is 210 Å². The van der Waals surface area contributed by atoms with Crippen LogP contribution in [0.4, 0.5) is 0 Å². The average molecular weight is 455 g/mol. The summed E-state index contributed by atoms with van der Waals surface area (Å²) in [6, 6.07) is 13.5. The Morgan fingerprint density at radius 1 is 0.677 bits per heavy atom. The number of hydrogen-bond donors (Lipinski definition) is 0. The molecule has 0 radical (unpaired) electrons. The fourth-order valence-corrected chi connectivity index (χ4v) is 4.00. The molecular weight excluding hydrogens is 419 g/mol. The first-order valence-corrected chi connectivity index (χ1v) is 12.7. The second-order valence-electron chi connectivity index (χ2n) is 7.96. The molecule has 0 unspecified atom stereocenters. The van der Waals surface area contributed by atoms with Gasteiger partial charge in [0.05, 0.1) is 4.90 Å². The predicted molar refractivity (Wildman–Crippen MR) is 121 cm³/mol. The van der Waals surface area contributed by atoms with Gasteiger partial charge in [0.2, 0.25) is 0 Å². The van der Waals surface area contributed by atoms with E-state index in [1.54, 1.807) is 0 Å². The van der Waals surface area contributed by atoms with Crippen molar-refractivity contribution in [2.75, 3.05) is 0 Å². The summed E-state index contributed by atoms with van der Waals surface area (Å²) in [4.78, 5) is -0.253. The van der Waals surface area contributed by atoms with Gasteiger partial charge in [0.25, 0.3) is 0 Å². The van der Waals surface area contributed by atoms with E-state index in [4.69, 9.17) is 4.74 Å². The van der Waals surface area contributed by atoms with E-state index in [9.17, 15) is 13.0 Å². The molecule has 0 aliphatic heterocycles. The third-order valence-electron chi connectivity index (χ3n) is 5.34.